The number of nitrogens with one attached hydrogen (secondary N) is 2. The first-order chi connectivity index (χ1) is 8.64. The van der Waals surface area contributed by atoms with Crippen molar-refractivity contribution >= 4 is 21.4 Å². The van der Waals surface area contributed by atoms with Crippen LogP contribution in [0.1, 0.15) is 31.1 Å². The summed E-state index contributed by atoms with van der Waals surface area (Å²) < 4.78 is 25.9. The zero-order valence-corrected chi connectivity index (χ0v) is 12.3. The number of hydrogen-bond donors (Lipinski definition) is 2. The summed E-state index contributed by atoms with van der Waals surface area (Å²) in [6, 6.07) is 0. The van der Waals surface area contributed by atoms with Crippen LogP contribution in [0.15, 0.2) is 11.7 Å². The van der Waals surface area contributed by atoms with E-state index < -0.39 is 10.0 Å². The molecule has 0 saturated carbocycles. The molecule has 0 saturated heterocycles. The number of thiazole rings is 1. The van der Waals surface area contributed by atoms with Crippen molar-refractivity contribution in [3.8, 4) is 0 Å². The monoisotopic (exact) mass is 291 g/mol. The molecule has 0 bridgehead atoms. The predicted octanol–water partition coefficient (Wildman–Crippen LogP) is 1.34. The fourth-order valence-corrected chi connectivity index (χ4v) is 3.16. The standard InChI is InChI=1S/C11H21N3O2S2/c1-2-5-12-6-3-4-7-18(15,16)14-9-11-8-13-10-17-11/h8,10,12,14H,2-7,9H2,1H3. The zero-order chi connectivity index (χ0) is 13.3. The third kappa shape index (κ3) is 7.05. The van der Waals surface area contributed by atoms with Crippen LogP contribution < -0.4 is 10.0 Å². The second kappa shape index (κ2) is 8.58. The largest absolute Gasteiger partial charge is 0.317 e. The van der Waals surface area contributed by atoms with Crippen LogP contribution in [0.2, 0.25) is 0 Å². The van der Waals surface area contributed by atoms with Gasteiger partial charge in [0.1, 0.15) is 0 Å². The highest BCUT2D eigenvalue weighted by Gasteiger charge is 2.09. The van der Waals surface area contributed by atoms with Gasteiger partial charge in [-0.1, -0.05) is 6.92 Å². The van der Waals surface area contributed by atoms with E-state index in [4.69, 9.17) is 0 Å². The molecule has 0 aliphatic heterocycles. The quantitative estimate of drug-likeness (QED) is 0.638. The van der Waals surface area contributed by atoms with Crippen LogP contribution in [0.4, 0.5) is 0 Å². The van der Waals surface area contributed by atoms with Gasteiger partial charge in [0.25, 0.3) is 0 Å². The average Bonchev–Trinajstić information content (AvgIpc) is 2.84. The SMILES string of the molecule is CCCNCCCCS(=O)(=O)NCc1cncs1. The molecule has 2 N–H and O–H groups in total. The maximum Gasteiger partial charge on any atom is 0.211 e. The van der Waals surface area contributed by atoms with Gasteiger partial charge < -0.3 is 5.32 Å². The Labute approximate surface area is 113 Å². The molecule has 1 aromatic rings. The molecule has 0 aliphatic carbocycles. The number of unbranched alkanes of at least 4 members (excludes halogenated alkanes) is 1. The molecule has 0 aliphatic rings. The second-order valence-corrected chi connectivity index (χ2v) is 6.96. The van der Waals surface area contributed by atoms with Crippen LogP contribution in [0, 0.1) is 0 Å². The molecule has 0 radical (unpaired) electrons. The molecule has 0 fully saturated rings. The van der Waals surface area contributed by atoms with E-state index in [2.05, 4.69) is 21.9 Å². The molecule has 1 rings (SSSR count). The van der Waals surface area contributed by atoms with Gasteiger partial charge in [0, 0.05) is 17.6 Å². The van der Waals surface area contributed by atoms with Gasteiger partial charge in [0.2, 0.25) is 10.0 Å². The van der Waals surface area contributed by atoms with Gasteiger partial charge in [-0.3, -0.25) is 4.98 Å². The minimum atomic E-state index is -3.15. The van der Waals surface area contributed by atoms with Gasteiger partial charge in [0.15, 0.2) is 0 Å². The number of rotatable bonds is 10. The summed E-state index contributed by atoms with van der Waals surface area (Å²) in [6.45, 7) is 4.34. The Kier molecular flexibility index (Phi) is 7.41. The molecule has 0 atom stereocenters. The van der Waals surface area contributed by atoms with Crippen molar-refractivity contribution in [2.24, 2.45) is 0 Å². The third-order valence-electron chi connectivity index (χ3n) is 2.39. The Hall–Kier alpha value is -0.500. The summed E-state index contributed by atoms with van der Waals surface area (Å²) >= 11 is 1.45. The highest BCUT2D eigenvalue weighted by molar-refractivity contribution is 7.89. The molecule has 104 valence electrons. The van der Waals surface area contributed by atoms with Gasteiger partial charge >= 0.3 is 0 Å². The van der Waals surface area contributed by atoms with E-state index in [1.165, 1.54) is 11.3 Å². The minimum Gasteiger partial charge on any atom is -0.317 e. The maximum atomic E-state index is 11.7. The first kappa shape index (κ1) is 15.6. The van der Waals surface area contributed by atoms with Crippen molar-refractivity contribution in [3.05, 3.63) is 16.6 Å². The number of aromatic nitrogens is 1. The predicted molar refractivity (Wildman–Crippen MR) is 75.1 cm³/mol. The Morgan fingerprint density at radius 2 is 2.17 bits per heavy atom. The van der Waals surface area contributed by atoms with Crippen molar-refractivity contribution in [2.45, 2.75) is 32.7 Å². The van der Waals surface area contributed by atoms with Crippen LogP contribution in [-0.2, 0) is 16.6 Å². The smallest absolute Gasteiger partial charge is 0.211 e. The second-order valence-electron chi connectivity index (χ2n) is 4.06. The molecule has 0 aromatic carbocycles. The van der Waals surface area contributed by atoms with Gasteiger partial charge in [-0.2, -0.15) is 0 Å². The lowest BCUT2D eigenvalue weighted by atomic mass is 10.3. The summed E-state index contributed by atoms with van der Waals surface area (Å²) in [5, 5.41) is 3.25. The maximum absolute atomic E-state index is 11.7. The summed E-state index contributed by atoms with van der Waals surface area (Å²) in [5.74, 6) is 0.194. The van der Waals surface area contributed by atoms with Crippen LogP contribution in [0.3, 0.4) is 0 Å². The average molecular weight is 291 g/mol. The van der Waals surface area contributed by atoms with Crippen molar-refractivity contribution in [2.75, 3.05) is 18.8 Å². The Balaban J connectivity index is 2.12. The normalized spacial score (nSPS) is 11.8. The molecular weight excluding hydrogens is 270 g/mol. The summed E-state index contributed by atoms with van der Waals surface area (Å²) in [7, 11) is -3.15. The van der Waals surface area contributed by atoms with Gasteiger partial charge in [-0.25, -0.2) is 13.1 Å². The van der Waals surface area contributed by atoms with E-state index in [0.29, 0.717) is 13.0 Å². The number of hydrogen-bond acceptors (Lipinski definition) is 5. The number of sulfonamides is 1. The Bertz CT molecular complexity index is 404. The summed E-state index contributed by atoms with van der Waals surface area (Å²) in [5.41, 5.74) is 1.70. The van der Waals surface area contributed by atoms with Crippen molar-refractivity contribution in [3.63, 3.8) is 0 Å². The van der Waals surface area contributed by atoms with E-state index in [1.807, 2.05) is 0 Å². The fourth-order valence-electron chi connectivity index (χ4n) is 1.43. The first-order valence-electron chi connectivity index (χ1n) is 6.19. The molecule has 0 amide bonds. The molecule has 18 heavy (non-hydrogen) atoms. The molecule has 7 heteroatoms. The van der Waals surface area contributed by atoms with Crippen molar-refractivity contribution in [1.29, 1.82) is 0 Å². The zero-order valence-electron chi connectivity index (χ0n) is 10.7. The van der Waals surface area contributed by atoms with Crippen LogP contribution in [0.5, 0.6) is 0 Å². The third-order valence-corrected chi connectivity index (χ3v) is 4.58. The fraction of sp³-hybridized carbons (Fsp3) is 0.727. The van der Waals surface area contributed by atoms with Crippen LogP contribution >= 0.6 is 11.3 Å². The van der Waals surface area contributed by atoms with E-state index in [1.54, 1.807) is 11.7 Å². The molecule has 0 unspecified atom stereocenters. The Morgan fingerprint density at radius 3 is 2.83 bits per heavy atom. The van der Waals surface area contributed by atoms with Crippen LogP contribution in [0.25, 0.3) is 0 Å². The lowest BCUT2D eigenvalue weighted by Crippen LogP contribution is -2.26. The Morgan fingerprint density at radius 1 is 1.33 bits per heavy atom. The van der Waals surface area contributed by atoms with E-state index in [0.717, 1.165) is 30.8 Å². The number of nitrogens with zero attached hydrogens (tertiary/aromatic N) is 1. The lowest BCUT2D eigenvalue weighted by molar-refractivity contribution is 0.573. The minimum absolute atomic E-state index is 0.194. The summed E-state index contributed by atoms with van der Waals surface area (Å²) in [6.07, 6.45) is 4.37. The topological polar surface area (TPSA) is 71.1 Å². The van der Waals surface area contributed by atoms with Gasteiger partial charge in [0.05, 0.1) is 11.3 Å². The molecule has 1 aromatic heterocycles. The highest BCUT2D eigenvalue weighted by Crippen LogP contribution is 2.05. The molecular formula is C11H21N3O2S2. The van der Waals surface area contributed by atoms with E-state index in [9.17, 15) is 8.42 Å². The van der Waals surface area contributed by atoms with E-state index >= 15 is 0 Å². The summed E-state index contributed by atoms with van der Waals surface area (Å²) in [4.78, 5) is 4.84. The van der Waals surface area contributed by atoms with E-state index in [-0.39, 0.29) is 5.75 Å². The molecule has 0 spiro atoms. The van der Waals surface area contributed by atoms with Crippen molar-refractivity contribution < 1.29 is 8.42 Å². The van der Waals surface area contributed by atoms with Crippen LogP contribution in [-0.4, -0.2) is 32.2 Å². The van der Waals surface area contributed by atoms with Gasteiger partial charge in [-0.15, -0.1) is 11.3 Å². The molecule has 1 heterocycles. The lowest BCUT2D eigenvalue weighted by Gasteiger charge is -2.06. The molecule has 5 nitrogen and oxygen atoms in total. The first-order valence-corrected chi connectivity index (χ1v) is 8.72. The van der Waals surface area contributed by atoms with Gasteiger partial charge in [-0.05, 0) is 32.4 Å². The van der Waals surface area contributed by atoms with Crippen molar-refractivity contribution in [1.82, 2.24) is 15.0 Å². The highest BCUT2D eigenvalue weighted by atomic mass is 32.2.